The molecule has 1 saturated carbocycles. The normalized spacial score (nSPS) is 22.8. The smallest absolute Gasteiger partial charge is 0.250 e. The van der Waals surface area contributed by atoms with Crippen LogP contribution in [0, 0.1) is 23.2 Å². The zero-order valence-electron chi connectivity index (χ0n) is 16.9. The van der Waals surface area contributed by atoms with Crippen molar-refractivity contribution >= 4 is 28.9 Å². The molecule has 1 saturated heterocycles. The third kappa shape index (κ3) is 4.74. The van der Waals surface area contributed by atoms with E-state index < -0.39 is 5.95 Å². The Balaban J connectivity index is 1.20. The predicted molar refractivity (Wildman–Crippen MR) is 118 cm³/mol. The van der Waals surface area contributed by atoms with Crippen molar-refractivity contribution in [2.75, 3.05) is 37.6 Å². The molecule has 1 aliphatic heterocycles. The zero-order valence-corrected chi connectivity index (χ0v) is 18.4. The highest BCUT2D eigenvalue weighted by atomic mass is 35.5. The Hall–Kier alpha value is -1.81. The van der Waals surface area contributed by atoms with Crippen LogP contribution >= 0.6 is 23.2 Å². The molecule has 0 spiro atoms. The molecule has 0 radical (unpaired) electrons. The molecule has 2 heterocycles. The van der Waals surface area contributed by atoms with Gasteiger partial charge in [0.1, 0.15) is 11.6 Å². The van der Waals surface area contributed by atoms with Crippen LogP contribution in [0.1, 0.15) is 43.7 Å². The zero-order chi connectivity index (χ0) is 21.1. The van der Waals surface area contributed by atoms with Gasteiger partial charge in [-0.15, -0.1) is 5.10 Å². The Morgan fingerprint density at radius 1 is 1.10 bits per heavy atom. The molecular formula is C22H26Cl2FN5. The minimum absolute atomic E-state index is 0.0373. The van der Waals surface area contributed by atoms with Gasteiger partial charge in [0.05, 0.1) is 21.8 Å². The minimum atomic E-state index is -0.655. The molecule has 0 unspecified atom stereocenters. The molecule has 2 fully saturated rings. The number of rotatable bonds is 5. The number of benzene rings is 1. The van der Waals surface area contributed by atoms with Crippen molar-refractivity contribution in [1.29, 1.82) is 5.26 Å². The molecule has 0 atom stereocenters. The van der Waals surface area contributed by atoms with Crippen LogP contribution in [0.3, 0.4) is 0 Å². The maximum absolute atomic E-state index is 13.6. The van der Waals surface area contributed by atoms with Gasteiger partial charge < -0.3 is 4.90 Å². The molecule has 8 heteroatoms. The fraction of sp³-hybridized carbons (Fsp3) is 0.545. The van der Waals surface area contributed by atoms with Gasteiger partial charge in [-0.05, 0) is 56.7 Å². The van der Waals surface area contributed by atoms with E-state index in [1.807, 2.05) is 24.3 Å². The Morgan fingerprint density at radius 2 is 1.83 bits per heavy atom. The van der Waals surface area contributed by atoms with Crippen LogP contribution < -0.4 is 4.90 Å². The van der Waals surface area contributed by atoms with E-state index in [-0.39, 0.29) is 11.6 Å². The Kier molecular flexibility index (Phi) is 6.82. The van der Waals surface area contributed by atoms with E-state index >= 15 is 0 Å². The molecule has 1 aromatic carbocycles. The van der Waals surface area contributed by atoms with E-state index in [0.717, 1.165) is 64.1 Å². The van der Waals surface area contributed by atoms with Gasteiger partial charge in [0, 0.05) is 32.4 Å². The molecule has 2 aromatic rings. The second-order valence-electron chi connectivity index (χ2n) is 8.29. The summed E-state index contributed by atoms with van der Waals surface area (Å²) >= 11 is 12.5. The van der Waals surface area contributed by atoms with E-state index in [9.17, 15) is 4.39 Å². The molecule has 30 heavy (non-hydrogen) atoms. The number of anilines is 1. The third-order valence-corrected chi connectivity index (χ3v) is 7.30. The van der Waals surface area contributed by atoms with Gasteiger partial charge in [0.2, 0.25) is 5.95 Å². The van der Waals surface area contributed by atoms with Gasteiger partial charge in [-0.25, -0.2) is 0 Å². The summed E-state index contributed by atoms with van der Waals surface area (Å²) in [6.07, 6.45) is 7.00. The summed E-state index contributed by atoms with van der Waals surface area (Å²) in [7, 11) is 0. The second kappa shape index (κ2) is 9.55. The van der Waals surface area contributed by atoms with Crippen molar-refractivity contribution in [2.45, 2.75) is 38.1 Å². The SMILES string of the molecule is N#Cc1cn(C2CCC(CCN3CCN(c4cccc(Cl)c4Cl)CC3)CC2)nc1F. The van der Waals surface area contributed by atoms with Crippen LogP contribution in [-0.4, -0.2) is 47.4 Å². The summed E-state index contributed by atoms with van der Waals surface area (Å²) in [5, 5.41) is 14.0. The van der Waals surface area contributed by atoms with Gasteiger partial charge in [0.25, 0.3) is 0 Å². The average Bonchev–Trinajstić information content (AvgIpc) is 3.16. The monoisotopic (exact) mass is 449 g/mol. The van der Waals surface area contributed by atoms with Crippen molar-refractivity contribution < 1.29 is 4.39 Å². The maximum atomic E-state index is 13.6. The van der Waals surface area contributed by atoms with E-state index in [2.05, 4.69) is 14.9 Å². The van der Waals surface area contributed by atoms with Crippen molar-refractivity contribution in [3.8, 4) is 6.07 Å². The summed E-state index contributed by atoms with van der Waals surface area (Å²) in [5.41, 5.74) is 1.06. The minimum Gasteiger partial charge on any atom is -0.368 e. The van der Waals surface area contributed by atoms with Crippen LogP contribution in [0.25, 0.3) is 0 Å². The van der Waals surface area contributed by atoms with Crippen LogP contribution in [0.15, 0.2) is 24.4 Å². The van der Waals surface area contributed by atoms with Crippen molar-refractivity contribution in [2.24, 2.45) is 5.92 Å². The quantitative estimate of drug-likeness (QED) is 0.633. The number of aromatic nitrogens is 2. The Labute approximate surface area is 187 Å². The van der Waals surface area contributed by atoms with Gasteiger partial charge in [-0.1, -0.05) is 29.3 Å². The maximum Gasteiger partial charge on any atom is 0.250 e. The summed E-state index contributed by atoms with van der Waals surface area (Å²) < 4.78 is 15.2. The van der Waals surface area contributed by atoms with Crippen LogP contribution in [0.4, 0.5) is 10.1 Å². The number of hydrogen-bond donors (Lipinski definition) is 0. The first-order chi connectivity index (χ1) is 14.5. The highest BCUT2D eigenvalue weighted by molar-refractivity contribution is 6.43. The fourth-order valence-corrected chi connectivity index (χ4v) is 5.06. The lowest BCUT2D eigenvalue weighted by molar-refractivity contribution is 0.200. The van der Waals surface area contributed by atoms with E-state index in [1.54, 1.807) is 10.9 Å². The van der Waals surface area contributed by atoms with Gasteiger partial charge in [-0.3, -0.25) is 9.58 Å². The Morgan fingerprint density at radius 3 is 2.50 bits per heavy atom. The number of hydrogen-bond acceptors (Lipinski definition) is 4. The first-order valence-electron chi connectivity index (χ1n) is 10.6. The highest BCUT2D eigenvalue weighted by Crippen LogP contribution is 2.35. The summed E-state index contributed by atoms with van der Waals surface area (Å²) in [5.74, 6) is 0.0512. The lowest BCUT2D eigenvalue weighted by Crippen LogP contribution is -2.47. The first kappa shape index (κ1) is 21.4. The van der Waals surface area contributed by atoms with E-state index in [1.165, 1.54) is 6.42 Å². The van der Waals surface area contributed by atoms with Crippen molar-refractivity contribution in [1.82, 2.24) is 14.7 Å². The largest absolute Gasteiger partial charge is 0.368 e. The molecular weight excluding hydrogens is 424 g/mol. The van der Waals surface area contributed by atoms with Crippen LogP contribution in [-0.2, 0) is 0 Å². The first-order valence-corrected chi connectivity index (χ1v) is 11.4. The highest BCUT2D eigenvalue weighted by Gasteiger charge is 2.25. The Bertz CT molecular complexity index is 909. The average molecular weight is 450 g/mol. The molecule has 1 aliphatic carbocycles. The van der Waals surface area contributed by atoms with Crippen LogP contribution in [0.2, 0.25) is 10.0 Å². The topological polar surface area (TPSA) is 48.1 Å². The van der Waals surface area contributed by atoms with Crippen LogP contribution in [0.5, 0.6) is 0 Å². The van der Waals surface area contributed by atoms with E-state index in [0.29, 0.717) is 16.0 Å². The molecule has 5 nitrogen and oxygen atoms in total. The van der Waals surface area contributed by atoms with Gasteiger partial charge >= 0.3 is 0 Å². The van der Waals surface area contributed by atoms with Gasteiger partial charge in [0.15, 0.2) is 0 Å². The van der Waals surface area contributed by atoms with E-state index in [4.69, 9.17) is 28.5 Å². The molecule has 4 rings (SSSR count). The fourth-order valence-electron chi connectivity index (χ4n) is 4.64. The summed E-state index contributed by atoms with van der Waals surface area (Å²) in [4.78, 5) is 4.84. The number of piperazine rings is 1. The number of nitriles is 1. The van der Waals surface area contributed by atoms with Crippen molar-refractivity contribution in [3.63, 3.8) is 0 Å². The molecule has 0 amide bonds. The summed E-state index contributed by atoms with van der Waals surface area (Å²) in [6.45, 7) is 5.09. The lowest BCUT2D eigenvalue weighted by Gasteiger charge is -2.37. The predicted octanol–water partition coefficient (Wildman–Crippen LogP) is 5.14. The third-order valence-electron chi connectivity index (χ3n) is 6.50. The number of nitrogens with zero attached hydrogens (tertiary/aromatic N) is 5. The van der Waals surface area contributed by atoms with Gasteiger partial charge in [-0.2, -0.15) is 9.65 Å². The molecule has 1 aromatic heterocycles. The molecule has 2 aliphatic rings. The van der Waals surface area contributed by atoms with Crippen molar-refractivity contribution in [3.05, 3.63) is 46.0 Å². The standard InChI is InChI=1S/C22H26Cl2FN5/c23-19-2-1-3-20(21(19)24)29-12-10-28(11-13-29)9-8-16-4-6-18(7-5-16)30-15-17(14-26)22(25)27-30/h1-3,15-16,18H,4-13H2. The lowest BCUT2D eigenvalue weighted by atomic mass is 9.84. The number of halogens is 3. The second-order valence-corrected chi connectivity index (χ2v) is 9.08. The molecule has 0 bridgehead atoms. The molecule has 160 valence electrons. The molecule has 0 N–H and O–H groups in total. The summed E-state index contributed by atoms with van der Waals surface area (Å²) in [6, 6.07) is 7.88.